The van der Waals surface area contributed by atoms with Gasteiger partial charge in [-0.05, 0) is 23.8 Å². The summed E-state index contributed by atoms with van der Waals surface area (Å²) < 4.78 is 16.7. The summed E-state index contributed by atoms with van der Waals surface area (Å²) in [6.45, 7) is 0.260. The van der Waals surface area contributed by atoms with Crippen molar-refractivity contribution < 1.29 is 19.3 Å². The van der Waals surface area contributed by atoms with E-state index in [4.69, 9.17) is 14.2 Å². The standard InChI is InChI=1S/C16H14O4/c17-12-8-15(20-13-4-2-1-3-11(12)13)10-5-6-14-16(7-10)19-9-18-14/h1-7,12,15,17H,8-9H2/t12-,15?/m0/s1. The molecule has 0 saturated heterocycles. The first-order chi connectivity index (χ1) is 9.81. The molecule has 2 aliphatic heterocycles. The average molecular weight is 270 g/mol. The summed E-state index contributed by atoms with van der Waals surface area (Å²) in [5, 5.41) is 10.3. The molecule has 0 aliphatic carbocycles. The van der Waals surface area contributed by atoms with E-state index in [0.717, 1.165) is 28.4 Å². The Morgan fingerprint density at radius 2 is 1.80 bits per heavy atom. The number of aliphatic hydroxyl groups excluding tert-OH is 1. The molecule has 2 heterocycles. The number of benzene rings is 2. The second-order valence-electron chi connectivity index (χ2n) is 5.01. The van der Waals surface area contributed by atoms with E-state index in [-0.39, 0.29) is 12.9 Å². The number of para-hydroxylation sites is 1. The van der Waals surface area contributed by atoms with Crippen LogP contribution >= 0.6 is 0 Å². The van der Waals surface area contributed by atoms with Crippen molar-refractivity contribution in [2.75, 3.05) is 6.79 Å². The second-order valence-corrected chi connectivity index (χ2v) is 5.01. The van der Waals surface area contributed by atoms with Gasteiger partial charge in [0.2, 0.25) is 6.79 Å². The van der Waals surface area contributed by atoms with Crippen molar-refractivity contribution >= 4 is 0 Å². The molecule has 0 fully saturated rings. The lowest BCUT2D eigenvalue weighted by molar-refractivity contribution is 0.0656. The maximum absolute atomic E-state index is 10.3. The van der Waals surface area contributed by atoms with Gasteiger partial charge < -0.3 is 19.3 Å². The van der Waals surface area contributed by atoms with Crippen LogP contribution in [0.15, 0.2) is 42.5 Å². The fourth-order valence-corrected chi connectivity index (χ4v) is 2.71. The highest BCUT2D eigenvalue weighted by Gasteiger charge is 2.28. The molecule has 0 radical (unpaired) electrons. The summed E-state index contributed by atoms with van der Waals surface area (Å²) >= 11 is 0. The number of ether oxygens (including phenoxy) is 3. The first-order valence-electron chi connectivity index (χ1n) is 6.64. The minimum Gasteiger partial charge on any atom is -0.485 e. The summed E-state index contributed by atoms with van der Waals surface area (Å²) in [7, 11) is 0. The van der Waals surface area contributed by atoms with Crippen LogP contribution in [0.2, 0.25) is 0 Å². The topological polar surface area (TPSA) is 47.9 Å². The SMILES string of the molecule is O[C@H]1CC(c2ccc3c(c2)OCO3)Oc2ccccc21. The molecular weight excluding hydrogens is 256 g/mol. The Labute approximate surface area is 116 Å². The van der Waals surface area contributed by atoms with Gasteiger partial charge in [0.15, 0.2) is 11.5 Å². The van der Waals surface area contributed by atoms with Crippen molar-refractivity contribution in [2.45, 2.75) is 18.6 Å². The molecule has 2 aromatic rings. The molecular formula is C16H14O4. The van der Waals surface area contributed by atoms with Crippen molar-refractivity contribution in [3.8, 4) is 17.2 Å². The number of rotatable bonds is 1. The number of hydrogen-bond acceptors (Lipinski definition) is 4. The zero-order chi connectivity index (χ0) is 13.5. The summed E-state index contributed by atoms with van der Waals surface area (Å²) in [5.41, 5.74) is 1.84. The van der Waals surface area contributed by atoms with E-state index in [1.807, 2.05) is 42.5 Å². The highest BCUT2D eigenvalue weighted by Crippen LogP contribution is 2.42. The van der Waals surface area contributed by atoms with Gasteiger partial charge in [0.25, 0.3) is 0 Å². The third kappa shape index (κ3) is 1.80. The molecule has 1 N–H and O–H groups in total. The maximum atomic E-state index is 10.3. The fourth-order valence-electron chi connectivity index (χ4n) is 2.71. The van der Waals surface area contributed by atoms with E-state index in [9.17, 15) is 5.11 Å². The van der Waals surface area contributed by atoms with Crippen LogP contribution in [-0.2, 0) is 0 Å². The minimum atomic E-state index is -0.504. The van der Waals surface area contributed by atoms with Gasteiger partial charge in [0, 0.05) is 12.0 Å². The van der Waals surface area contributed by atoms with Gasteiger partial charge in [0.05, 0.1) is 6.10 Å². The van der Waals surface area contributed by atoms with Gasteiger partial charge in [0.1, 0.15) is 11.9 Å². The summed E-state index contributed by atoms with van der Waals surface area (Å²) in [5.74, 6) is 2.24. The van der Waals surface area contributed by atoms with Crippen LogP contribution in [0.25, 0.3) is 0 Å². The predicted molar refractivity (Wildman–Crippen MR) is 72.0 cm³/mol. The number of aliphatic hydroxyl groups is 1. The third-order valence-electron chi connectivity index (χ3n) is 3.75. The van der Waals surface area contributed by atoms with E-state index >= 15 is 0 Å². The second kappa shape index (κ2) is 4.42. The molecule has 1 unspecified atom stereocenters. The highest BCUT2D eigenvalue weighted by atomic mass is 16.7. The molecule has 102 valence electrons. The Morgan fingerprint density at radius 3 is 2.75 bits per heavy atom. The summed E-state index contributed by atoms with van der Waals surface area (Å²) in [6.07, 6.45) is -0.138. The van der Waals surface area contributed by atoms with Crippen LogP contribution in [0.5, 0.6) is 17.2 Å². The molecule has 0 saturated carbocycles. The summed E-state index contributed by atoms with van der Waals surface area (Å²) in [6, 6.07) is 13.4. The molecule has 0 aromatic heterocycles. The molecule has 2 aromatic carbocycles. The van der Waals surface area contributed by atoms with Gasteiger partial charge in [-0.15, -0.1) is 0 Å². The highest BCUT2D eigenvalue weighted by molar-refractivity contribution is 5.46. The van der Waals surface area contributed by atoms with Crippen LogP contribution in [0.4, 0.5) is 0 Å². The Kier molecular flexibility index (Phi) is 2.57. The average Bonchev–Trinajstić information content (AvgIpc) is 2.94. The Balaban J connectivity index is 1.68. The molecule has 20 heavy (non-hydrogen) atoms. The van der Waals surface area contributed by atoms with Crippen LogP contribution < -0.4 is 14.2 Å². The molecule has 0 bridgehead atoms. The van der Waals surface area contributed by atoms with Crippen LogP contribution in [-0.4, -0.2) is 11.9 Å². The Bertz CT molecular complexity index is 653. The Morgan fingerprint density at radius 1 is 0.950 bits per heavy atom. The molecule has 2 atom stereocenters. The zero-order valence-electron chi connectivity index (χ0n) is 10.8. The lowest BCUT2D eigenvalue weighted by Crippen LogP contribution is -2.18. The quantitative estimate of drug-likeness (QED) is 0.865. The van der Waals surface area contributed by atoms with Gasteiger partial charge >= 0.3 is 0 Å². The molecule has 4 rings (SSSR count). The van der Waals surface area contributed by atoms with Crippen LogP contribution in [0, 0.1) is 0 Å². The van der Waals surface area contributed by atoms with Crippen LogP contribution in [0.3, 0.4) is 0 Å². The van der Waals surface area contributed by atoms with Gasteiger partial charge in [-0.2, -0.15) is 0 Å². The molecule has 2 aliphatic rings. The molecule has 4 heteroatoms. The normalized spacial score (nSPS) is 23.1. The lowest BCUT2D eigenvalue weighted by atomic mass is 9.95. The summed E-state index contributed by atoms with van der Waals surface area (Å²) in [4.78, 5) is 0. The van der Waals surface area contributed by atoms with Crippen molar-refractivity contribution in [2.24, 2.45) is 0 Å². The van der Waals surface area contributed by atoms with Gasteiger partial charge in [-0.1, -0.05) is 24.3 Å². The van der Waals surface area contributed by atoms with E-state index in [0.29, 0.717) is 6.42 Å². The predicted octanol–water partition coefficient (Wildman–Crippen LogP) is 2.97. The molecule has 0 amide bonds. The minimum absolute atomic E-state index is 0.172. The van der Waals surface area contributed by atoms with Crippen molar-refractivity contribution in [1.82, 2.24) is 0 Å². The monoisotopic (exact) mass is 270 g/mol. The number of hydrogen-bond donors (Lipinski definition) is 1. The first kappa shape index (κ1) is 11.6. The number of fused-ring (bicyclic) bond motifs is 2. The fraction of sp³-hybridized carbons (Fsp3) is 0.250. The van der Waals surface area contributed by atoms with Crippen molar-refractivity contribution in [3.63, 3.8) is 0 Å². The van der Waals surface area contributed by atoms with Gasteiger partial charge in [-0.3, -0.25) is 0 Å². The van der Waals surface area contributed by atoms with E-state index in [1.165, 1.54) is 0 Å². The van der Waals surface area contributed by atoms with E-state index in [1.54, 1.807) is 0 Å². The lowest BCUT2D eigenvalue weighted by Gasteiger charge is -2.29. The Hall–Kier alpha value is -2.20. The van der Waals surface area contributed by atoms with Crippen LogP contribution in [0.1, 0.15) is 29.8 Å². The molecule has 0 spiro atoms. The van der Waals surface area contributed by atoms with E-state index < -0.39 is 6.10 Å². The van der Waals surface area contributed by atoms with Gasteiger partial charge in [-0.25, -0.2) is 0 Å². The molecule has 4 nitrogen and oxygen atoms in total. The smallest absolute Gasteiger partial charge is 0.231 e. The largest absolute Gasteiger partial charge is 0.485 e. The first-order valence-corrected chi connectivity index (χ1v) is 6.64. The van der Waals surface area contributed by atoms with Crippen molar-refractivity contribution in [3.05, 3.63) is 53.6 Å². The zero-order valence-corrected chi connectivity index (χ0v) is 10.8. The maximum Gasteiger partial charge on any atom is 0.231 e. The van der Waals surface area contributed by atoms with Crippen molar-refractivity contribution in [1.29, 1.82) is 0 Å². The third-order valence-corrected chi connectivity index (χ3v) is 3.75. The van der Waals surface area contributed by atoms with E-state index in [2.05, 4.69) is 0 Å².